The SMILES string of the molecule is COc1cccc(-c2n[nH]c(-c3cc(N)ccc3O)n2)c1. The molecule has 0 spiro atoms. The Bertz CT molecular complexity index is 783. The highest BCUT2D eigenvalue weighted by molar-refractivity contribution is 5.70. The number of nitrogen functional groups attached to an aromatic ring is 1. The van der Waals surface area contributed by atoms with Gasteiger partial charge in [0.15, 0.2) is 11.6 Å². The molecular weight excluding hydrogens is 268 g/mol. The zero-order valence-electron chi connectivity index (χ0n) is 11.4. The number of hydrogen-bond acceptors (Lipinski definition) is 5. The Morgan fingerprint density at radius 2 is 2.05 bits per heavy atom. The number of nitrogens with two attached hydrogens (primary N) is 1. The molecule has 0 aliphatic carbocycles. The number of rotatable bonds is 3. The summed E-state index contributed by atoms with van der Waals surface area (Å²) < 4.78 is 5.18. The molecule has 106 valence electrons. The molecule has 0 radical (unpaired) electrons. The molecule has 0 unspecified atom stereocenters. The Morgan fingerprint density at radius 3 is 2.86 bits per heavy atom. The molecule has 0 amide bonds. The van der Waals surface area contributed by atoms with E-state index in [1.54, 1.807) is 19.2 Å². The second-order valence-electron chi connectivity index (χ2n) is 4.52. The van der Waals surface area contributed by atoms with Gasteiger partial charge in [0, 0.05) is 11.3 Å². The van der Waals surface area contributed by atoms with Crippen molar-refractivity contribution in [3.8, 4) is 34.3 Å². The summed E-state index contributed by atoms with van der Waals surface area (Å²) in [5.41, 5.74) is 7.61. The predicted molar refractivity (Wildman–Crippen MR) is 79.9 cm³/mol. The molecule has 0 fully saturated rings. The van der Waals surface area contributed by atoms with E-state index in [0.29, 0.717) is 22.9 Å². The van der Waals surface area contributed by atoms with Gasteiger partial charge in [-0.25, -0.2) is 4.98 Å². The third-order valence-electron chi connectivity index (χ3n) is 3.09. The van der Waals surface area contributed by atoms with Gasteiger partial charge in [-0.2, -0.15) is 5.10 Å². The first-order chi connectivity index (χ1) is 10.2. The summed E-state index contributed by atoms with van der Waals surface area (Å²) in [7, 11) is 1.60. The Morgan fingerprint density at radius 1 is 1.19 bits per heavy atom. The summed E-state index contributed by atoms with van der Waals surface area (Å²) in [5, 5.41) is 16.9. The fourth-order valence-corrected chi connectivity index (χ4v) is 2.02. The molecule has 0 aliphatic rings. The summed E-state index contributed by atoms with van der Waals surface area (Å²) in [6.07, 6.45) is 0. The molecule has 0 atom stereocenters. The lowest BCUT2D eigenvalue weighted by Gasteiger charge is -2.02. The molecule has 0 bridgehead atoms. The van der Waals surface area contributed by atoms with Crippen LogP contribution in [0.2, 0.25) is 0 Å². The van der Waals surface area contributed by atoms with Crippen molar-refractivity contribution >= 4 is 5.69 Å². The minimum Gasteiger partial charge on any atom is -0.507 e. The van der Waals surface area contributed by atoms with Crippen LogP contribution in [0, 0.1) is 0 Å². The molecule has 1 aromatic heterocycles. The normalized spacial score (nSPS) is 10.5. The number of nitrogens with zero attached hydrogens (tertiary/aromatic N) is 2. The summed E-state index contributed by atoms with van der Waals surface area (Å²) in [4.78, 5) is 4.39. The van der Waals surface area contributed by atoms with Gasteiger partial charge in [-0.1, -0.05) is 12.1 Å². The number of H-pyrrole nitrogens is 1. The van der Waals surface area contributed by atoms with Crippen molar-refractivity contribution in [2.45, 2.75) is 0 Å². The molecule has 6 heteroatoms. The van der Waals surface area contributed by atoms with Crippen LogP contribution in [0.3, 0.4) is 0 Å². The number of phenols is 1. The van der Waals surface area contributed by atoms with Crippen LogP contribution in [0.15, 0.2) is 42.5 Å². The van der Waals surface area contributed by atoms with Gasteiger partial charge >= 0.3 is 0 Å². The Labute approximate surface area is 121 Å². The molecule has 0 aliphatic heterocycles. The highest BCUT2D eigenvalue weighted by Crippen LogP contribution is 2.30. The van der Waals surface area contributed by atoms with Crippen molar-refractivity contribution in [2.24, 2.45) is 0 Å². The van der Waals surface area contributed by atoms with Crippen LogP contribution in [0.5, 0.6) is 11.5 Å². The lowest BCUT2D eigenvalue weighted by Crippen LogP contribution is -1.88. The van der Waals surface area contributed by atoms with Gasteiger partial charge in [0.25, 0.3) is 0 Å². The average Bonchev–Trinajstić information content (AvgIpc) is 2.99. The van der Waals surface area contributed by atoms with E-state index in [1.165, 1.54) is 6.07 Å². The molecule has 3 aromatic rings. The third-order valence-corrected chi connectivity index (χ3v) is 3.09. The van der Waals surface area contributed by atoms with E-state index < -0.39 is 0 Å². The average molecular weight is 282 g/mol. The minimum atomic E-state index is 0.0949. The molecule has 1 heterocycles. The van der Waals surface area contributed by atoms with E-state index in [-0.39, 0.29) is 5.75 Å². The lowest BCUT2D eigenvalue weighted by molar-refractivity contribution is 0.415. The van der Waals surface area contributed by atoms with Crippen LogP contribution < -0.4 is 10.5 Å². The summed E-state index contributed by atoms with van der Waals surface area (Å²) in [6.45, 7) is 0. The fourth-order valence-electron chi connectivity index (χ4n) is 2.02. The van der Waals surface area contributed by atoms with E-state index in [4.69, 9.17) is 10.5 Å². The molecule has 21 heavy (non-hydrogen) atoms. The largest absolute Gasteiger partial charge is 0.507 e. The monoisotopic (exact) mass is 282 g/mol. The van der Waals surface area contributed by atoms with Crippen LogP contribution in [-0.4, -0.2) is 27.4 Å². The van der Waals surface area contributed by atoms with Crippen LogP contribution in [0.25, 0.3) is 22.8 Å². The molecule has 0 saturated carbocycles. The maximum absolute atomic E-state index is 9.89. The van der Waals surface area contributed by atoms with E-state index in [0.717, 1.165) is 11.3 Å². The summed E-state index contributed by atoms with van der Waals surface area (Å²) >= 11 is 0. The number of anilines is 1. The van der Waals surface area contributed by atoms with Crippen LogP contribution in [0.1, 0.15) is 0 Å². The number of nitrogens with one attached hydrogen (secondary N) is 1. The van der Waals surface area contributed by atoms with Crippen LogP contribution in [-0.2, 0) is 0 Å². The minimum absolute atomic E-state index is 0.0949. The van der Waals surface area contributed by atoms with Gasteiger partial charge in [0.1, 0.15) is 11.5 Å². The van der Waals surface area contributed by atoms with Crippen LogP contribution >= 0.6 is 0 Å². The predicted octanol–water partition coefficient (Wildman–Crippen LogP) is 2.44. The van der Waals surface area contributed by atoms with Crippen molar-refractivity contribution in [3.63, 3.8) is 0 Å². The van der Waals surface area contributed by atoms with Crippen molar-refractivity contribution in [2.75, 3.05) is 12.8 Å². The number of ether oxygens (including phenoxy) is 1. The molecule has 2 aromatic carbocycles. The van der Waals surface area contributed by atoms with Gasteiger partial charge < -0.3 is 15.6 Å². The number of phenolic OH excluding ortho intramolecular Hbond substituents is 1. The number of benzene rings is 2. The Hall–Kier alpha value is -3.02. The van der Waals surface area contributed by atoms with Gasteiger partial charge in [0.2, 0.25) is 0 Å². The van der Waals surface area contributed by atoms with Crippen molar-refractivity contribution in [1.29, 1.82) is 0 Å². The Kier molecular flexibility index (Phi) is 3.19. The maximum atomic E-state index is 9.89. The van der Waals surface area contributed by atoms with Crippen molar-refractivity contribution in [3.05, 3.63) is 42.5 Å². The number of methoxy groups -OCH3 is 1. The zero-order chi connectivity index (χ0) is 14.8. The van der Waals surface area contributed by atoms with Crippen LogP contribution in [0.4, 0.5) is 5.69 Å². The first kappa shape index (κ1) is 13.0. The van der Waals surface area contributed by atoms with E-state index in [1.807, 2.05) is 24.3 Å². The summed E-state index contributed by atoms with van der Waals surface area (Å²) in [5.74, 6) is 1.80. The molecule has 0 saturated heterocycles. The number of aromatic hydroxyl groups is 1. The standard InChI is InChI=1S/C15H14N4O2/c1-21-11-4-2-3-9(7-11)14-17-15(19-18-14)12-8-10(16)5-6-13(12)20/h2-8,20H,16H2,1H3,(H,17,18,19). The van der Waals surface area contributed by atoms with Gasteiger partial charge in [-0.3, -0.25) is 5.10 Å². The molecule has 6 nitrogen and oxygen atoms in total. The number of aromatic nitrogens is 3. The van der Waals surface area contributed by atoms with Crippen molar-refractivity contribution in [1.82, 2.24) is 15.2 Å². The second-order valence-corrected chi connectivity index (χ2v) is 4.52. The van der Waals surface area contributed by atoms with Crippen molar-refractivity contribution < 1.29 is 9.84 Å². The molecule has 3 rings (SSSR count). The summed E-state index contributed by atoms with van der Waals surface area (Å²) in [6, 6.07) is 12.2. The van der Waals surface area contributed by atoms with E-state index >= 15 is 0 Å². The van der Waals surface area contributed by atoms with E-state index in [9.17, 15) is 5.11 Å². The smallest absolute Gasteiger partial charge is 0.181 e. The topological polar surface area (TPSA) is 97.0 Å². The lowest BCUT2D eigenvalue weighted by atomic mass is 10.1. The Balaban J connectivity index is 2.01. The van der Waals surface area contributed by atoms with Gasteiger partial charge in [-0.15, -0.1) is 0 Å². The maximum Gasteiger partial charge on any atom is 0.181 e. The second kappa shape index (κ2) is 5.16. The number of hydrogen-bond donors (Lipinski definition) is 3. The van der Waals surface area contributed by atoms with Gasteiger partial charge in [-0.05, 0) is 30.3 Å². The fraction of sp³-hybridized carbons (Fsp3) is 0.0667. The molecular formula is C15H14N4O2. The highest BCUT2D eigenvalue weighted by Gasteiger charge is 2.12. The zero-order valence-corrected chi connectivity index (χ0v) is 11.4. The first-order valence-electron chi connectivity index (χ1n) is 6.33. The quantitative estimate of drug-likeness (QED) is 0.506. The molecule has 4 N–H and O–H groups in total. The first-order valence-corrected chi connectivity index (χ1v) is 6.33. The third kappa shape index (κ3) is 2.51. The van der Waals surface area contributed by atoms with Gasteiger partial charge in [0.05, 0.1) is 12.7 Å². The highest BCUT2D eigenvalue weighted by atomic mass is 16.5. The van der Waals surface area contributed by atoms with E-state index in [2.05, 4.69) is 15.2 Å². The number of aromatic amines is 1.